The number of hydrogen-bond acceptors (Lipinski definition) is 4. The topological polar surface area (TPSA) is 66.5 Å². The van der Waals surface area contributed by atoms with E-state index >= 15 is 0 Å². The van der Waals surface area contributed by atoms with Crippen LogP contribution in [0.4, 0.5) is 0 Å². The van der Waals surface area contributed by atoms with Crippen LogP contribution in [0.5, 0.6) is 0 Å². The lowest BCUT2D eigenvalue weighted by atomic mass is 10.2. The molecule has 1 unspecified atom stereocenters. The molecule has 2 aliphatic rings. The zero-order chi connectivity index (χ0) is 14.6. The van der Waals surface area contributed by atoms with E-state index in [-0.39, 0.29) is 29.4 Å². The van der Waals surface area contributed by atoms with E-state index in [0.717, 1.165) is 51.6 Å². The van der Waals surface area contributed by atoms with Crippen molar-refractivity contribution in [3.63, 3.8) is 0 Å². The van der Waals surface area contributed by atoms with Gasteiger partial charge in [-0.05, 0) is 32.7 Å². The molecule has 1 aliphatic carbocycles. The van der Waals surface area contributed by atoms with Gasteiger partial charge in [-0.25, -0.2) is 8.42 Å². The van der Waals surface area contributed by atoms with Gasteiger partial charge in [-0.1, -0.05) is 12.8 Å². The van der Waals surface area contributed by atoms with Gasteiger partial charge in [-0.3, -0.25) is 4.79 Å². The van der Waals surface area contributed by atoms with Crippen LogP contribution in [-0.2, 0) is 14.6 Å². The van der Waals surface area contributed by atoms with Crippen molar-refractivity contribution in [2.24, 2.45) is 0 Å². The number of carbonyl (C=O) groups is 1. The van der Waals surface area contributed by atoms with Crippen LogP contribution >= 0.6 is 0 Å². The van der Waals surface area contributed by atoms with E-state index in [9.17, 15) is 13.2 Å². The first-order valence-electron chi connectivity index (χ1n) is 7.70. The second kappa shape index (κ2) is 6.89. The molecule has 0 aromatic carbocycles. The highest BCUT2D eigenvalue weighted by Crippen LogP contribution is 2.26. The summed E-state index contributed by atoms with van der Waals surface area (Å²) in [5.41, 5.74) is 0. The standard InChI is InChI=1S/C14H26N2O3S/c1-15-11-12-5-4-9-16(12)14(17)8-10-20(18,19)13-6-2-3-7-13/h12-13,15H,2-11H2,1H3. The van der Waals surface area contributed by atoms with Crippen LogP contribution in [-0.4, -0.2) is 56.4 Å². The first kappa shape index (κ1) is 15.8. The summed E-state index contributed by atoms with van der Waals surface area (Å²) in [6, 6.07) is 0.238. The number of rotatable bonds is 6. The molecule has 0 bridgehead atoms. The average molecular weight is 302 g/mol. The number of likely N-dealkylation sites (N-methyl/N-ethyl adjacent to an activating group) is 1. The minimum absolute atomic E-state index is 0.00400. The predicted molar refractivity (Wildman–Crippen MR) is 79.3 cm³/mol. The van der Waals surface area contributed by atoms with Crippen molar-refractivity contribution in [1.82, 2.24) is 10.2 Å². The fourth-order valence-electron chi connectivity index (χ4n) is 3.40. The quantitative estimate of drug-likeness (QED) is 0.793. The molecular formula is C14H26N2O3S. The van der Waals surface area contributed by atoms with Crippen molar-refractivity contribution >= 4 is 15.7 Å². The van der Waals surface area contributed by atoms with Crippen molar-refractivity contribution in [3.8, 4) is 0 Å². The van der Waals surface area contributed by atoms with E-state index in [1.165, 1.54) is 0 Å². The van der Waals surface area contributed by atoms with Gasteiger partial charge in [0.25, 0.3) is 0 Å². The first-order valence-corrected chi connectivity index (χ1v) is 9.42. The lowest BCUT2D eigenvalue weighted by Gasteiger charge is -2.24. The maximum absolute atomic E-state index is 12.2. The number of amides is 1. The lowest BCUT2D eigenvalue weighted by Crippen LogP contribution is -2.41. The molecule has 1 N–H and O–H groups in total. The molecule has 1 aliphatic heterocycles. The smallest absolute Gasteiger partial charge is 0.223 e. The Balaban J connectivity index is 1.85. The molecule has 5 nitrogen and oxygen atoms in total. The maximum Gasteiger partial charge on any atom is 0.223 e. The summed E-state index contributed by atoms with van der Waals surface area (Å²) in [7, 11) is -1.20. The highest BCUT2D eigenvalue weighted by atomic mass is 32.2. The van der Waals surface area contributed by atoms with Crippen molar-refractivity contribution in [1.29, 1.82) is 0 Å². The first-order chi connectivity index (χ1) is 9.54. The van der Waals surface area contributed by atoms with Gasteiger partial charge in [0.1, 0.15) is 0 Å². The van der Waals surface area contributed by atoms with Crippen molar-refractivity contribution in [3.05, 3.63) is 0 Å². The van der Waals surface area contributed by atoms with Crippen LogP contribution in [0.15, 0.2) is 0 Å². The fourth-order valence-corrected chi connectivity index (χ4v) is 5.24. The molecule has 0 aromatic rings. The highest BCUT2D eigenvalue weighted by molar-refractivity contribution is 7.92. The number of hydrogen-bond donors (Lipinski definition) is 1. The molecule has 0 spiro atoms. The summed E-state index contributed by atoms with van der Waals surface area (Å²) in [6.45, 7) is 1.57. The third-order valence-electron chi connectivity index (χ3n) is 4.55. The number of nitrogens with zero attached hydrogens (tertiary/aromatic N) is 1. The fraction of sp³-hybridized carbons (Fsp3) is 0.929. The van der Waals surface area contributed by atoms with E-state index in [2.05, 4.69) is 5.32 Å². The van der Waals surface area contributed by atoms with Gasteiger partial charge in [0.2, 0.25) is 5.91 Å². The van der Waals surface area contributed by atoms with Gasteiger partial charge in [-0.15, -0.1) is 0 Å². The largest absolute Gasteiger partial charge is 0.338 e. The number of nitrogens with one attached hydrogen (secondary N) is 1. The molecule has 1 heterocycles. The zero-order valence-electron chi connectivity index (χ0n) is 12.3. The minimum atomic E-state index is -3.08. The third-order valence-corrected chi connectivity index (χ3v) is 6.81. The molecule has 1 saturated heterocycles. The van der Waals surface area contributed by atoms with E-state index in [1.807, 2.05) is 11.9 Å². The minimum Gasteiger partial charge on any atom is -0.338 e. The normalized spacial score (nSPS) is 24.4. The summed E-state index contributed by atoms with van der Waals surface area (Å²) < 4.78 is 24.4. The van der Waals surface area contributed by atoms with Gasteiger partial charge in [-0.2, -0.15) is 0 Å². The third kappa shape index (κ3) is 3.73. The Labute approximate surface area is 122 Å². The zero-order valence-corrected chi connectivity index (χ0v) is 13.1. The molecular weight excluding hydrogens is 276 g/mol. The Hall–Kier alpha value is -0.620. The van der Waals surface area contributed by atoms with Crippen molar-refractivity contribution in [2.45, 2.75) is 56.2 Å². The lowest BCUT2D eigenvalue weighted by molar-refractivity contribution is -0.131. The van der Waals surface area contributed by atoms with Gasteiger partial charge < -0.3 is 10.2 Å². The van der Waals surface area contributed by atoms with Crippen LogP contribution < -0.4 is 5.32 Å². The number of sulfone groups is 1. The van der Waals surface area contributed by atoms with Crippen LogP contribution in [0.2, 0.25) is 0 Å². The van der Waals surface area contributed by atoms with Gasteiger partial charge in [0.05, 0.1) is 11.0 Å². The Bertz CT molecular complexity index is 430. The van der Waals surface area contributed by atoms with E-state index in [1.54, 1.807) is 0 Å². The monoisotopic (exact) mass is 302 g/mol. The Morgan fingerprint density at radius 2 is 1.90 bits per heavy atom. The summed E-state index contributed by atoms with van der Waals surface area (Å²) in [6.07, 6.45) is 5.77. The molecule has 1 atom stereocenters. The van der Waals surface area contributed by atoms with Crippen LogP contribution in [0.1, 0.15) is 44.9 Å². The van der Waals surface area contributed by atoms with E-state index < -0.39 is 9.84 Å². The van der Waals surface area contributed by atoms with Crippen LogP contribution in [0.25, 0.3) is 0 Å². The van der Waals surface area contributed by atoms with Crippen molar-refractivity contribution in [2.75, 3.05) is 25.9 Å². The van der Waals surface area contributed by atoms with E-state index in [0.29, 0.717) is 0 Å². The van der Waals surface area contributed by atoms with Crippen molar-refractivity contribution < 1.29 is 13.2 Å². The Morgan fingerprint density at radius 3 is 2.55 bits per heavy atom. The molecule has 116 valence electrons. The van der Waals surface area contributed by atoms with Crippen LogP contribution in [0, 0.1) is 0 Å². The Kier molecular flexibility index (Phi) is 5.43. The molecule has 0 aromatic heterocycles. The predicted octanol–water partition coefficient (Wildman–Crippen LogP) is 0.944. The number of carbonyl (C=O) groups excluding carboxylic acids is 1. The molecule has 2 fully saturated rings. The second-order valence-corrected chi connectivity index (χ2v) is 8.36. The molecule has 1 amide bonds. The summed E-state index contributed by atoms with van der Waals surface area (Å²) in [4.78, 5) is 14.1. The molecule has 20 heavy (non-hydrogen) atoms. The SMILES string of the molecule is CNCC1CCCN1C(=O)CCS(=O)(=O)C1CCCC1. The average Bonchev–Trinajstić information content (AvgIpc) is 3.07. The van der Waals surface area contributed by atoms with Crippen LogP contribution in [0.3, 0.4) is 0 Å². The Morgan fingerprint density at radius 1 is 1.20 bits per heavy atom. The molecule has 2 rings (SSSR count). The van der Waals surface area contributed by atoms with E-state index in [4.69, 9.17) is 0 Å². The maximum atomic E-state index is 12.2. The summed E-state index contributed by atoms with van der Waals surface area (Å²) >= 11 is 0. The van der Waals surface area contributed by atoms with Gasteiger partial charge in [0, 0.05) is 25.6 Å². The molecule has 6 heteroatoms. The summed E-state index contributed by atoms with van der Waals surface area (Å²) in [5.74, 6) is 0.0311. The number of likely N-dealkylation sites (tertiary alicyclic amines) is 1. The van der Waals surface area contributed by atoms with Gasteiger partial charge in [0.15, 0.2) is 9.84 Å². The van der Waals surface area contributed by atoms with Gasteiger partial charge >= 0.3 is 0 Å². The second-order valence-electron chi connectivity index (χ2n) is 5.96. The highest BCUT2D eigenvalue weighted by Gasteiger charge is 2.32. The molecule has 0 radical (unpaired) electrons. The summed E-state index contributed by atoms with van der Waals surface area (Å²) in [5, 5.41) is 2.91. The molecule has 1 saturated carbocycles.